The number of benzene rings is 2. The predicted octanol–water partition coefficient (Wildman–Crippen LogP) is 4.66. The number of urea groups is 1. The van der Waals surface area contributed by atoms with Crippen LogP contribution in [0.1, 0.15) is 27.7 Å². The normalized spacial score (nSPS) is 14.4. The first kappa shape index (κ1) is 26.1. The number of anilines is 1. The fraction of sp³-hybridized carbons (Fsp3) is 0.364. The predicted molar refractivity (Wildman–Crippen MR) is 130 cm³/mol. The molecule has 2 aromatic carbocycles. The highest BCUT2D eigenvalue weighted by Gasteiger charge is 2.33. The molecule has 1 aliphatic rings. The topological polar surface area (TPSA) is 105 Å². The quantitative estimate of drug-likeness (QED) is 0.498. The molecule has 2 aromatic rings. The first-order chi connectivity index (χ1) is 15.9. The maximum atomic E-state index is 13.4. The number of hydrogen-bond donors (Lipinski definition) is 1. The second-order valence-electron chi connectivity index (χ2n) is 8.12. The van der Waals surface area contributed by atoms with Crippen LogP contribution in [-0.4, -0.2) is 50.4 Å². The summed E-state index contributed by atoms with van der Waals surface area (Å²) < 4.78 is 39.4. The van der Waals surface area contributed by atoms with Gasteiger partial charge in [0.25, 0.3) is 0 Å². The number of rotatable bonds is 8. The number of hydrogen-bond acceptors (Lipinski definition) is 6. The SMILES string of the molecule is COc1ccc(Oc2c(Cl)cc(N3CC(=O)NC3=O)cc2Cl)cc1S(=O)(=O)N(C(C)C)C(C)C. The van der Waals surface area contributed by atoms with E-state index in [2.05, 4.69) is 5.32 Å². The molecule has 0 aliphatic carbocycles. The van der Waals surface area contributed by atoms with E-state index in [4.69, 9.17) is 32.7 Å². The van der Waals surface area contributed by atoms with Crippen LogP contribution < -0.4 is 19.7 Å². The number of nitrogens with zero attached hydrogens (tertiary/aromatic N) is 2. The van der Waals surface area contributed by atoms with Gasteiger partial charge in [-0.05, 0) is 52.0 Å². The zero-order valence-corrected chi connectivity index (χ0v) is 21.6. The molecular weight excluding hydrogens is 505 g/mol. The number of imide groups is 1. The van der Waals surface area contributed by atoms with Gasteiger partial charge in [0.2, 0.25) is 15.9 Å². The van der Waals surface area contributed by atoms with Crippen molar-refractivity contribution in [1.29, 1.82) is 0 Å². The standard InChI is InChI=1S/C22H25Cl2N3O6S/c1-12(2)27(13(3)4)34(30,31)19-10-15(6-7-18(19)32-5)33-21-16(23)8-14(9-17(21)24)26-11-20(28)25-22(26)29/h6-10,12-13H,11H2,1-5H3,(H,25,28,29). The number of amides is 3. The minimum absolute atomic E-state index is 0.0639. The van der Waals surface area contributed by atoms with Gasteiger partial charge >= 0.3 is 6.03 Å². The zero-order chi connectivity index (χ0) is 25.4. The van der Waals surface area contributed by atoms with Crippen molar-refractivity contribution in [3.63, 3.8) is 0 Å². The van der Waals surface area contributed by atoms with Crippen LogP contribution in [-0.2, 0) is 14.8 Å². The molecular formula is C22H25Cl2N3O6S. The van der Waals surface area contributed by atoms with Gasteiger partial charge in [0.1, 0.15) is 22.9 Å². The number of halogens is 2. The van der Waals surface area contributed by atoms with Crippen molar-refractivity contribution in [2.24, 2.45) is 0 Å². The number of ether oxygens (including phenoxy) is 2. The molecule has 1 aliphatic heterocycles. The number of sulfonamides is 1. The van der Waals surface area contributed by atoms with Gasteiger partial charge in [-0.3, -0.25) is 15.0 Å². The molecule has 1 fully saturated rings. The van der Waals surface area contributed by atoms with E-state index < -0.39 is 22.0 Å². The Labute approximate surface area is 208 Å². The summed E-state index contributed by atoms with van der Waals surface area (Å²) in [5.74, 6) is -0.0501. The van der Waals surface area contributed by atoms with Crippen LogP contribution in [0.3, 0.4) is 0 Å². The number of methoxy groups -OCH3 is 1. The third kappa shape index (κ3) is 5.10. The lowest BCUT2D eigenvalue weighted by Gasteiger charge is -2.30. The first-order valence-corrected chi connectivity index (χ1v) is 12.6. The van der Waals surface area contributed by atoms with Crippen LogP contribution >= 0.6 is 23.2 Å². The highest BCUT2D eigenvalue weighted by Crippen LogP contribution is 2.41. The van der Waals surface area contributed by atoms with Crippen molar-refractivity contribution in [2.75, 3.05) is 18.6 Å². The van der Waals surface area contributed by atoms with Gasteiger partial charge < -0.3 is 9.47 Å². The summed E-state index contributed by atoms with van der Waals surface area (Å²) in [7, 11) is -2.54. The summed E-state index contributed by atoms with van der Waals surface area (Å²) in [5.41, 5.74) is 0.313. The van der Waals surface area contributed by atoms with Crippen LogP contribution in [0.5, 0.6) is 17.2 Å². The van der Waals surface area contributed by atoms with Crippen molar-refractivity contribution in [1.82, 2.24) is 9.62 Å². The van der Waals surface area contributed by atoms with Crippen LogP contribution in [0, 0.1) is 0 Å². The molecule has 1 N–H and O–H groups in total. The Kier molecular flexibility index (Phi) is 7.66. The Morgan fingerprint density at radius 1 is 1.03 bits per heavy atom. The van der Waals surface area contributed by atoms with Crippen molar-refractivity contribution in [3.05, 3.63) is 40.4 Å². The van der Waals surface area contributed by atoms with Crippen molar-refractivity contribution in [2.45, 2.75) is 44.7 Å². The molecule has 0 atom stereocenters. The monoisotopic (exact) mass is 529 g/mol. The maximum absolute atomic E-state index is 13.4. The van der Waals surface area contributed by atoms with Gasteiger partial charge in [-0.1, -0.05) is 23.2 Å². The molecule has 0 aromatic heterocycles. The van der Waals surface area contributed by atoms with Gasteiger partial charge in [0.15, 0.2) is 5.75 Å². The Morgan fingerprint density at radius 3 is 2.09 bits per heavy atom. The molecule has 0 saturated carbocycles. The minimum atomic E-state index is -3.93. The second kappa shape index (κ2) is 9.99. The number of carbonyl (C=O) groups is 2. The fourth-order valence-corrected chi connectivity index (χ4v) is 6.32. The van der Waals surface area contributed by atoms with E-state index in [9.17, 15) is 18.0 Å². The van der Waals surface area contributed by atoms with Gasteiger partial charge in [-0.2, -0.15) is 4.31 Å². The van der Waals surface area contributed by atoms with E-state index >= 15 is 0 Å². The van der Waals surface area contributed by atoms with Crippen molar-refractivity contribution in [3.8, 4) is 17.2 Å². The van der Waals surface area contributed by atoms with E-state index in [1.807, 2.05) is 0 Å². The Hall–Kier alpha value is -2.53. The highest BCUT2D eigenvalue weighted by molar-refractivity contribution is 7.89. The summed E-state index contributed by atoms with van der Waals surface area (Å²) in [6.07, 6.45) is 0. The maximum Gasteiger partial charge on any atom is 0.329 e. The molecule has 0 spiro atoms. The third-order valence-electron chi connectivity index (χ3n) is 5.02. The Balaban J connectivity index is 2.00. The van der Waals surface area contributed by atoms with Crippen LogP contribution in [0.4, 0.5) is 10.5 Å². The van der Waals surface area contributed by atoms with Gasteiger partial charge in [-0.15, -0.1) is 0 Å². The zero-order valence-electron chi connectivity index (χ0n) is 19.3. The minimum Gasteiger partial charge on any atom is -0.495 e. The molecule has 0 radical (unpaired) electrons. The molecule has 12 heteroatoms. The van der Waals surface area contributed by atoms with Crippen molar-refractivity contribution < 1.29 is 27.5 Å². The first-order valence-electron chi connectivity index (χ1n) is 10.4. The van der Waals surface area contributed by atoms with E-state index in [-0.39, 0.29) is 50.8 Å². The third-order valence-corrected chi connectivity index (χ3v) is 7.85. The Morgan fingerprint density at radius 2 is 1.62 bits per heavy atom. The summed E-state index contributed by atoms with van der Waals surface area (Å²) >= 11 is 12.7. The molecule has 1 saturated heterocycles. The molecule has 34 heavy (non-hydrogen) atoms. The summed E-state index contributed by atoms with van der Waals surface area (Å²) in [4.78, 5) is 24.5. The highest BCUT2D eigenvalue weighted by atomic mass is 35.5. The molecule has 0 unspecified atom stereocenters. The fourth-order valence-electron chi connectivity index (χ4n) is 3.75. The van der Waals surface area contributed by atoms with Crippen LogP contribution in [0.15, 0.2) is 35.2 Å². The second-order valence-corrected chi connectivity index (χ2v) is 10.7. The Bertz CT molecular complexity index is 1200. The van der Waals surface area contributed by atoms with E-state index in [1.54, 1.807) is 27.7 Å². The summed E-state index contributed by atoms with van der Waals surface area (Å²) in [6.45, 7) is 7.01. The van der Waals surface area contributed by atoms with Crippen LogP contribution in [0.25, 0.3) is 0 Å². The van der Waals surface area contributed by atoms with E-state index in [0.29, 0.717) is 5.69 Å². The van der Waals surface area contributed by atoms with E-state index in [0.717, 1.165) is 0 Å². The average molecular weight is 530 g/mol. The van der Waals surface area contributed by atoms with Gasteiger partial charge in [-0.25, -0.2) is 13.2 Å². The molecule has 184 valence electrons. The van der Waals surface area contributed by atoms with Gasteiger partial charge in [0, 0.05) is 23.8 Å². The molecule has 3 rings (SSSR count). The molecule has 9 nitrogen and oxygen atoms in total. The lowest BCUT2D eigenvalue weighted by molar-refractivity contribution is -0.117. The summed E-state index contributed by atoms with van der Waals surface area (Å²) in [6, 6.07) is 6.06. The smallest absolute Gasteiger partial charge is 0.329 e. The van der Waals surface area contributed by atoms with Crippen molar-refractivity contribution >= 4 is 50.9 Å². The van der Waals surface area contributed by atoms with Gasteiger partial charge in [0.05, 0.1) is 17.2 Å². The van der Waals surface area contributed by atoms with E-state index in [1.165, 1.54) is 46.6 Å². The van der Waals surface area contributed by atoms with Crippen LogP contribution in [0.2, 0.25) is 10.0 Å². The average Bonchev–Trinajstić information content (AvgIpc) is 3.07. The molecule has 1 heterocycles. The summed E-state index contributed by atoms with van der Waals surface area (Å²) in [5, 5.41) is 2.31. The lowest BCUT2D eigenvalue weighted by Crippen LogP contribution is -2.42. The molecule has 0 bridgehead atoms. The number of carbonyl (C=O) groups excluding carboxylic acids is 2. The largest absolute Gasteiger partial charge is 0.495 e. The molecule has 3 amide bonds. The number of nitrogens with one attached hydrogen (secondary N) is 1. The lowest BCUT2D eigenvalue weighted by atomic mass is 10.2.